The molecule has 0 spiro atoms. The molecule has 2 rings (SSSR count). The van der Waals surface area contributed by atoms with Gasteiger partial charge in [-0.05, 0) is 18.9 Å². The number of carboxylic acids is 1. The lowest BCUT2D eigenvalue weighted by Gasteiger charge is -2.26. The maximum absolute atomic E-state index is 13.2. The number of benzene rings is 1. The first kappa shape index (κ1) is 29.9. The number of imidazole rings is 1. The molecule has 5 unspecified atom stereocenters. The van der Waals surface area contributed by atoms with E-state index < -0.39 is 59.9 Å². The molecule has 1 heterocycles. The van der Waals surface area contributed by atoms with Crippen LogP contribution in [-0.2, 0) is 36.8 Å². The second kappa shape index (κ2) is 14.4. The number of aliphatic carboxylic acids is 1. The first-order valence-corrected chi connectivity index (χ1v) is 11.8. The van der Waals surface area contributed by atoms with Gasteiger partial charge in [-0.15, -0.1) is 0 Å². The van der Waals surface area contributed by atoms with Crippen LogP contribution in [0.5, 0.6) is 0 Å². The van der Waals surface area contributed by atoms with Crippen LogP contribution < -0.4 is 27.4 Å². The van der Waals surface area contributed by atoms with Crippen LogP contribution in [0.2, 0.25) is 0 Å². The van der Waals surface area contributed by atoms with Gasteiger partial charge in [0.2, 0.25) is 23.6 Å². The third kappa shape index (κ3) is 9.63. The first-order valence-electron chi connectivity index (χ1n) is 11.8. The third-order valence-electron chi connectivity index (χ3n) is 5.60. The summed E-state index contributed by atoms with van der Waals surface area (Å²) in [5.74, 6) is -4.61. The summed E-state index contributed by atoms with van der Waals surface area (Å²) < 4.78 is 0. The number of aromatic nitrogens is 2. The lowest BCUT2D eigenvalue weighted by atomic mass is 10.0. The van der Waals surface area contributed by atoms with Crippen molar-refractivity contribution in [2.45, 2.75) is 62.9 Å². The van der Waals surface area contributed by atoms with Crippen LogP contribution in [0.4, 0.5) is 0 Å². The number of carboxylic acid groups (broad SMARTS) is 1. The highest BCUT2D eigenvalue weighted by Crippen LogP contribution is 2.07. The summed E-state index contributed by atoms with van der Waals surface area (Å²) in [6, 6.07) is 3.53. The minimum atomic E-state index is -1.56. The molecule has 0 radical (unpaired) electrons. The van der Waals surface area contributed by atoms with E-state index in [4.69, 9.17) is 11.5 Å². The van der Waals surface area contributed by atoms with Crippen molar-refractivity contribution < 1.29 is 34.2 Å². The van der Waals surface area contributed by atoms with E-state index in [2.05, 4.69) is 25.9 Å². The Morgan fingerprint density at radius 3 is 2.18 bits per heavy atom. The van der Waals surface area contributed by atoms with E-state index in [0.29, 0.717) is 11.3 Å². The van der Waals surface area contributed by atoms with Gasteiger partial charge < -0.3 is 42.6 Å². The number of nitrogens with one attached hydrogen (secondary N) is 4. The second-order valence-electron chi connectivity index (χ2n) is 8.77. The molecule has 2 aromatic rings. The number of hydrogen-bond acceptors (Lipinski definition) is 8. The standard InChI is InChI=1S/C24H33N7O7/c1-13(32)20(23(36)29-17(24(37)38)7-8-19(26)33)31-22(35)18(9-14-5-3-2-4-6-14)30-21(34)16(25)10-15-11-27-12-28-15/h2-6,11-13,16-18,20,32H,7-10,25H2,1H3,(H2,26,33)(H,27,28)(H,29,36)(H,30,34)(H,31,35)(H,37,38). The Labute approximate surface area is 218 Å². The van der Waals surface area contributed by atoms with Gasteiger partial charge in [-0.2, -0.15) is 0 Å². The highest BCUT2D eigenvalue weighted by atomic mass is 16.4. The SMILES string of the molecule is CC(O)C(NC(=O)C(Cc1ccccc1)NC(=O)C(N)Cc1cnc[nH]1)C(=O)NC(CCC(N)=O)C(=O)O. The van der Waals surface area contributed by atoms with Crippen LogP contribution in [0.3, 0.4) is 0 Å². The smallest absolute Gasteiger partial charge is 0.326 e. The lowest BCUT2D eigenvalue weighted by Crippen LogP contribution is -2.60. The molecule has 0 aliphatic heterocycles. The number of rotatable bonds is 15. The van der Waals surface area contributed by atoms with Gasteiger partial charge >= 0.3 is 5.97 Å². The Hall–Kier alpha value is -4.30. The maximum atomic E-state index is 13.2. The lowest BCUT2D eigenvalue weighted by molar-refractivity contribution is -0.143. The molecule has 4 amide bonds. The highest BCUT2D eigenvalue weighted by Gasteiger charge is 2.33. The summed E-state index contributed by atoms with van der Waals surface area (Å²) in [7, 11) is 0. The molecule has 0 saturated carbocycles. The van der Waals surface area contributed by atoms with E-state index in [0.717, 1.165) is 0 Å². The number of amides is 4. The van der Waals surface area contributed by atoms with Crippen LogP contribution in [0.15, 0.2) is 42.9 Å². The summed E-state index contributed by atoms with van der Waals surface area (Å²) >= 11 is 0. The van der Waals surface area contributed by atoms with Crippen molar-refractivity contribution in [3.05, 3.63) is 54.1 Å². The van der Waals surface area contributed by atoms with Crippen LogP contribution in [-0.4, -0.2) is 80.1 Å². The molecule has 0 aliphatic rings. The van der Waals surface area contributed by atoms with E-state index in [-0.39, 0.29) is 25.7 Å². The van der Waals surface area contributed by atoms with Crippen molar-refractivity contribution in [1.82, 2.24) is 25.9 Å². The molecule has 1 aromatic carbocycles. The minimum absolute atomic E-state index is 0.0414. The van der Waals surface area contributed by atoms with Gasteiger partial charge in [0.1, 0.15) is 18.1 Å². The van der Waals surface area contributed by atoms with Gasteiger partial charge in [0.05, 0.1) is 18.5 Å². The molecule has 206 valence electrons. The van der Waals surface area contributed by atoms with Crippen molar-refractivity contribution in [1.29, 1.82) is 0 Å². The van der Waals surface area contributed by atoms with Crippen LogP contribution in [0.25, 0.3) is 0 Å². The molecule has 10 N–H and O–H groups in total. The van der Waals surface area contributed by atoms with Gasteiger partial charge in [-0.25, -0.2) is 9.78 Å². The van der Waals surface area contributed by atoms with Crippen molar-refractivity contribution in [3.63, 3.8) is 0 Å². The second-order valence-corrected chi connectivity index (χ2v) is 8.77. The fourth-order valence-corrected chi connectivity index (χ4v) is 3.53. The molecule has 1 aromatic heterocycles. The van der Waals surface area contributed by atoms with E-state index in [9.17, 15) is 34.2 Å². The number of carbonyl (C=O) groups excluding carboxylic acids is 4. The van der Waals surface area contributed by atoms with Gasteiger partial charge in [0, 0.05) is 31.2 Å². The molecular formula is C24H33N7O7. The summed E-state index contributed by atoms with van der Waals surface area (Å²) in [6.45, 7) is 1.23. The van der Waals surface area contributed by atoms with Gasteiger partial charge in [0.25, 0.3) is 0 Å². The fourth-order valence-electron chi connectivity index (χ4n) is 3.53. The average molecular weight is 532 g/mol. The quantitative estimate of drug-likeness (QED) is 0.123. The summed E-state index contributed by atoms with van der Waals surface area (Å²) in [5.41, 5.74) is 12.4. The van der Waals surface area contributed by atoms with Crippen molar-refractivity contribution in [2.24, 2.45) is 11.5 Å². The van der Waals surface area contributed by atoms with Crippen LogP contribution >= 0.6 is 0 Å². The predicted molar refractivity (Wildman–Crippen MR) is 134 cm³/mol. The molecule has 0 fully saturated rings. The van der Waals surface area contributed by atoms with E-state index in [1.807, 2.05) is 0 Å². The molecule has 38 heavy (non-hydrogen) atoms. The molecular weight excluding hydrogens is 498 g/mol. The van der Waals surface area contributed by atoms with E-state index in [1.54, 1.807) is 30.3 Å². The van der Waals surface area contributed by atoms with E-state index >= 15 is 0 Å². The van der Waals surface area contributed by atoms with Crippen LogP contribution in [0.1, 0.15) is 31.0 Å². The zero-order chi connectivity index (χ0) is 28.2. The number of hydrogen-bond donors (Lipinski definition) is 8. The number of carbonyl (C=O) groups is 5. The number of nitrogens with two attached hydrogens (primary N) is 2. The predicted octanol–water partition coefficient (Wildman–Crippen LogP) is -2.29. The Morgan fingerprint density at radius 1 is 0.974 bits per heavy atom. The number of aliphatic hydroxyl groups is 1. The Bertz CT molecular complexity index is 1090. The third-order valence-corrected chi connectivity index (χ3v) is 5.60. The number of aromatic amines is 1. The fraction of sp³-hybridized carbons (Fsp3) is 0.417. The number of primary amides is 1. The Morgan fingerprint density at radius 2 is 1.63 bits per heavy atom. The molecule has 0 bridgehead atoms. The topological polar surface area (TPSA) is 243 Å². The van der Waals surface area contributed by atoms with Crippen molar-refractivity contribution in [2.75, 3.05) is 0 Å². The largest absolute Gasteiger partial charge is 0.480 e. The molecule has 14 nitrogen and oxygen atoms in total. The van der Waals surface area contributed by atoms with Crippen molar-refractivity contribution >= 4 is 29.6 Å². The zero-order valence-electron chi connectivity index (χ0n) is 20.8. The van der Waals surface area contributed by atoms with Gasteiger partial charge in [-0.1, -0.05) is 30.3 Å². The Kier molecular flexibility index (Phi) is 11.4. The van der Waals surface area contributed by atoms with Crippen LogP contribution in [0, 0.1) is 0 Å². The van der Waals surface area contributed by atoms with E-state index in [1.165, 1.54) is 19.4 Å². The molecule has 0 aliphatic carbocycles. The average Bonchev–Trinajstić information content (AvgIpc) is 3.37. The molecule has 0 saturated heterocycles. The number of nitrogens with zero attached hydrogens (tertiary/aromatic N) is 1. The van der Waals surface area contributed by atoms with Gasteiger partial charge in [0.15, 0.2) is 0 Å². The number of H-pyrrole nitrogens is 1. The van der Waals surface area contributed by atoms with Gasteiger partial charge in [-0.3, -0.25) is 19.2 Å². The monoisotopic (exact) mass is 531 g/mol. The first-order chi connectivity index (χ1) is 18.0. The number of aliphatic hydroxyl groups excluding tert-OH is 1. The summed E-state index contributed by atoms with van der Waals surface area (Å²) in [6.07, 6.45) is 1.12. The highest BCUT2D eigenvalue weighted by molar-refractivity contribution is 5.94. The Balaban J connectivity index is 2.16. The zero-order valence-corrected chi connectivity index (χ0v) is 20.8. The minimum Gasteiger partial charge on any atom is -0.480 e. The summed E-state index contributed by atoms with van der Waals surface area (Å²) in [5, 5.41) is 26.7. The summed E-state index contributed by atoms with van der Waals surface area (Å²) in [4.78, 5) is 68.0. The van der Waals surface area contributed by atoms with Crippen molar-refractivity contribution in [3.8, 4) is 0 Å². The maximum Gasteiger partial charge on any atom is 0.326 e. The normalized spacial score (nSPS) is 14.8. The molecule has 5 atom stereocenters. The molecule has 14 heteroatoms.